The fourth-order valence-electron chi connectivity index (χ4n) is 2.47. The number of carbonyl (C=O) groups is 1. The molecule has 1 fully saturated rings. The SMILES string of the molecule is Cc1ccc(-n2nnnc2SC2CCCCC2=O)cc1C. The first-order valence-electron chi connectivity index (χ1n) is 7.20. The minimum Gasteiger partial charge on any atom is -0.298 e. The van der Waals surface area contributed by atoms with Crippen molar-refractivity contribution in [1.29, 1.82) is 0 Å². The lowest BCUT2D eigenvalue weighted by molar-refractivity contribution is -0.119. The smallest absolute Gasteiger partial charge is 0.214 e. The molecule has 0 radical (unpaired) electrons. The standard InChI is InChI=1S/C15H18N4OS/c1-10-7-8-12(9-11(10)2)19-15(16-17-18-19)21-14-6-4-3-5-13(14)20/h7-9,14H,3-6H2,1-2H3. The van der Waals surface area contributed by atoms with Gasteiger partial charge < -0.3 is 0 Å². The Morgan fingerprint density at radius 1 is 1.24 bits per heavy atom. The van der Waals surface area contributed by atoms with Gasteiger partial charge in [-0.2, -0.15) is 4.68 Å². The maximum atomic E-state index is 12.0. The summed E-state index contributed by atoms with van der Waals surface area (Å²) in [5, 5.41) is 12.6. The molecular weight excluding hydrogens is 284 g/mol. The summed E-state index contributed by atoms with van der Waals surface area (Å²) >= 11 is 1.49. The van der Waals surface area contributed by atoms with Crippen LogP contribution in [0.2, 0.25) is 0 Å². The highest BCUT2D eigenvalue weighted by molar-refractivity contribution is 8.00. The van der Waals surface area contributed by atoms with E-state index in [1.54, 1.807) is 4.68 Å². The van der Waals surface area contributed by atoms with Crippen molar-refractivity contribution in [2.24, 2.45) is 0 Å². The first-order valence-corrected chi connectivity index (χ1v) is 8.08. The van der Waals surface area contributed by atoms with Crippen molar-refractivity contribution in [2.75, 3.05) is 0 Å². The van der Waals surface area contributed by atoms with Crippen molar-refractivity contribution < 1.29 is 4.79 Å². The van der Waals surface area contributed by atoms with Crippen LogP contribution in [0, 0.1) is 13.8 Å². The van der Waals surface area contributed by atoms with E-state index >= 15 is 0 Å². The molecule has 1 aliphatic rings. The van der Waals surface area contributed by atoms with Crippen molar-refractivity contribution in [3.8, 4) is 5.69 Å². The topological polar surface area (TPSA) is 60.7 Å². The quantitative estimate of drug-likeness (QED) is 0.872. The van der Waals surface area contributed by atoms with Crippen LogP contribution in [-0.2, 0) is 4.79 Å². The van der Waals surface area contributed by atoms with E-state index in [0.29, 0.717) is 17.4 Å². The minimum atomic E-state index is -0.00459. The number of aryl methyl sites for hydroxylation is 2. The third kappa shape index (κ3) is 3.00. The fourth-order valence-corrected chi connectivity index (χ4v) is 3.59. The molecule has 2 aromatic rings. The van der Waals surface area contributed by atoms with Gasteiger partial charge in [0.05, 0.1) is 10.9 Å². The van der Waals surface area contributed by atoms with Gasteiger partial charge in [-0.25, -0.2) is 0 Å². The van der Waals surface area contributed by atoms with Crippen molar-refractivity contribution in [1.82, 2.24) is 20.2 Å². The Morgan fingerprint density at radius 3 is 2.86 bits per heavy atom. The van der Waals surface area contributed by atoms with Gasteiger partial charge in [0.15, 0.2) is 0 Å². The van der Waals surface area contributed by atoms with Crippen LogP contribution >= 0.6 is 11.8 Å². The first-order chi connectivity index (χ1) is 10.1. The maximum Gasteiger partial charge on any atom is 0.214 e. The molecule has 1 aliphatic carbocycles. The number of rotatable bonds is 3. The number of nitrogens with zero attached hydrogens (tertiary/aromatic N) is 4. The first kappa shape index (κ1) is 14.3. The van der Waals surface area contributed by atoms with Crippen molar-refractivity contribution in [3.05, 3.63) is 29.3 Å². The zero-order valence-electron chi connectivity index (χ0n) is 12.2. The van der Waals surface area contributed by atoms with E-state index < -0.39 is 0 Å². The minimum absolute atomic E-state index is 0.00459. The molecule has 0 spiro atoms. The lowest BCUT2D eigenvalue weighted by Crippen LogP contribution is -2.21. The number of Topliss-reactive ketones (excluding diaryl/α,β-unsaturated/α-hetero) is 1. The van der Waals surface area contributed by atoms with E-state index in [1.165, 1.54) is 22.9 Å². The third-order valence-electron chi connectivity index (χ3n) is 3.92. The summed E-state index contributed by atoms with van der Waals surface area (Å²) in [4.78, 5) is 12.0. The highest BCUT2D eigenvalue weighted by Crippen LogP contribution is 2.31. The molecule has 5 nitrogen and oxygen atoms in total. The second-order valence-corrected chi connectivity index (χ2v) is 6.63. The third-order valence-corrected chi connectivity index (χ3v) is 5.17. The van der Waals surface area contributed by atoms with E-state index in [0.717, 1.165) is 24.9 Å². The number of hydrogen-bond donors (Lipinski definition) is 0. The lowest BCUT2D eigenvalue weighted by atomic mass is 9.99. The number of carbonyl (C=O) groups excluding carboxylic acids is 1. The van der Waals surface area contributed by atoms with Crippen LogP contribution in [0.4, 0.5) is 0 Å². The van der Waals surface area contributed by atoms with Crippen molar-refractivity contribution in [2.45, 2.75) is 49.9 Å². The maximum absolute atomic E-state index is 12.0. The highest BCUT2D eigenvalue weighted by atomic mass is 32.2. The molecule has 1 aromatic carbocycles. The van der Waals surface area contributed by atoms with Gasteiger partial charge in [-0.3, -0.25) is 4.79 Å². The second kappa shape index (κ2) is 5.97. The van der Waals surface area contributed by atoms with E-state index in [2.05, 4.69) is 41.5 Å². The van der Waals surface area contributed by atoms with E-state index in [-0.39, 0.29) is 5.25 Å². The molecule has 0 saturated heterocycles. The largest absolute Gasteiger partial charge is 0.298 e. The Morgan fingerprint density at radius 2 is 2.10 bits per heavy atom. The Bertz CT molecular complexity index is 667. The molecule has 6 heteroatoms. The van der Waals surface area contributed by atoms with Gasteiger partial charge >= 0.3 is 0 Å². The van der Waals surface area contributed by atoms with Crippen LogP contribution in [0.3, 0.4) is 0 Å². The molecule has 1 unspecified atom stereocenters. The Hall–Kier alpha value is -1.69. The summed E-state index contributed by atoms with van der Waals surface area (Å²) in [5.74, 6) is 0.320. The molecule has 1 saturated carbocycles. The number of ketones is 1. The highest BCUT2D eigenvalue weighted by Gasteiger charge is 2.25. The summed E-state index contributed by atoms with van der Waals surface area (Å²) in [7, 11) is 0. The van der Waals surface area contributed by atoms with Gasteiger partial charge in [0.1, 0.15) is 5.78 Å². The van der Waals surface area contributed by atoms with Crippen molar-refractivity contribution in [3.63, 3.8) is 0 Å². The van der Waals surface area contributed by atoms with Crippen LogP contribution < -0.4 is 0 Å². The Balaban J connectivity index is 1.86. The van der Waals surface area contributed by atoms with Crippen molar-refractivity contribution >= 4 is 17.5 Å². The summed E-state index contributed by atoms with van der Waals surface area (Å²) in [5.41, 5.74) is 3.38. The number of tetrazole rings is 1. The lowest BCUT2D eigenvalue weighted by Gasteiger charge is -2.19. The number of hydrogen-bond acceptors (Lipinski definition) is 5. The van der Waals surface area contributed by atoms with Gasteiger partial charge in [0.2, 0.25) is 5.16 Å². The monoisotopic (exact) mass is 302 g/mol. The number of aromatic nitrogens is 4. The molecule has 110 valence electrons. The molecular formula is C15H18N4OS. The predicted octanol–water partition coefficient (Wildman–Crippen LogP) is 2.88. The predicted molar refractivity (Wildman–Crippen MR) is 81.7 cm³/mol. The van der Waals surface area contributed by atoms with Gasteiger partial charge in [-0.05, 0) is 60.4 Å². The van der Waals surface area contributed by atoms with Crippen LogP contribution in [0.25, 0.3) is 5.69 Å². The van der Waals surface area contributed by atoms with Gasteiger partial charge in [-0.1, -0.05) is 24.2 Å². The van der Waals surface area contributed by atoms with Crippen LogP contribution in [-0.4, -0.2) is 31.2 Å². The van der Waals surface area contributed by atoms with Gasteiger partial charge in [-0.15, -0.1) is 5.10 Å². The van der Waals surface area contributed by atoms with Crippen LogP contribution in [0.5, 0.6) is 0 Å². The molecule has 0 aliphatic heterocycles. The molecule has 21 heavy (non-hydrogen) atoms. The molecule has 1 heterocycles. The fraction of sp³-hybridized carbons (Fsp3) is 0.467. The summed E-state index contributed by atoms with van der Waals surface area (Å²) in [6.07, 6.45) is 3.72. The van der Waals surface area contributed by atoms with E-state index in [1.807, 2.05) is 6.07 Å². The molecule has 1 atom stereocenters. The molecule has 3 rings (SSSR count). The molecule has 0 amide bonds. The number of benzene rings is 1. The van der Waals surface area contributed by atoms with Gasteiger partial charge in [0, 0.05) is 6.42 Å². The second-order valence-electron chi connectivity index (χ2n) is 5.46. The van der Waals surface area contributed by atoms with E-state index in [4.69, 9.17) is 0 Å². The van der Waals surface area contributed by atoms with Gasteiger partial charge in [0.25, 0.3) is 0 Å². The molecule has 0 N–H and O–H groups in total. The average Bonchev–Trinajstić information content (AvgIpc) is 2.93. The summed E-state index contributed by atoms with van der Waals surface area (Å²) in [6.45, 7) is 4.15. The zero-order valence-corrected chi connectivity index (χ0v) is 13.1. The summed E-state index contributed by atoms with van der Waals surface area (Å²) < 4.78 is 1.72. The summed E-state index contributed by atoms with van der Waals surface area (Å²) in [6, 6.07) is 6.14. The average molecular weight is 302 g/mol. The van der Waals surface area contributed by atoms with E-state index in [9.17, 15) is 4.79 Å². The normalized spacial score (nSPS) is 19.0. The molecule has 1 aromatic heterocycles. The zero-order chi connectivity index (χ0) is 14.8. The Labute approximate surface area is 128 Å². The number of thioether (sulfide) groups is 1. The van der Waals surface area contributed by atoms with Crippen LogP contribution in [0.15, 0.2) is 23.4 Å². The molecule has 0 bridgehead atoms. The van der Waals surface area contributed by atoms with Crippen LogP contribution in [0.1, 0.15) is 36.8 Å². The Kier molecular flexibility index (Phi) is 4.05.